The molecule has 6 nitrogen and oxygen atoms in total. The van der Waals surface area contributed by atoms with Crippen molar-refractivity contribution in [3.8, 4) is 0 Å². The van der Waals surface area contributed by atoms with Gasteiger partial charge in [-0.25, -0.2) is 0 Å². The second-order valence-electron chi connectivity index (χ2n) is 21.4. The van der Waals surface area contributed by atoms with E-state index in [9.17, 15) is 19.8 Å². The summed E-state index contributed by atoms with van der Waals surface area (Å²) in [6.45, 7) is 4.86. The van der Waals surface area contributed by atoms with E-state index in [1.807, 2.05) is 6.08 Å². The van der Waals surface area contributed by atoms with E-state index in [0.29, 0.717) is 19.4 Å². The topological polar surface area (TPSA) is 95.9 Å². The van der Waals surface area contributed by atoms with Gasteiger partial charge in [0.2, 0.25) is 5.91 Å². The zero-order chi connectivity index (χ0) is 52.2. The number of aliphatic hydroxyl groups excluding tert-OH is 2. The lowest BCUT2D eigenvalue weighted by molar-refractivity contribution is -0.143. The number of hydrogen-bond acceptors (Lipinski definition) is 5. The highest BCUT2D eigenvalue weighted by Gasteiger charge is 2.18. The van der Waals surface area contributed by atoms with Crippen LogP contribution in [0.4, 0.5) is 0 Å². The summed E-state index contributed by atoms with van der Waals surface area (Å²) in [5.74, 6) is -0.0717. The van der Waals surface area contributed by atoms with Crippen molar-refractivity contribution in [1.82, 2.24) is 5.32 Å². The Morgan fingerprint density at radius 2 is 0.694 bits per heavy atom. The molecule has 3 N–H and O–H groups in total. The molecule has 2 atom stereocenters. The van der Waals surface area contributed by atoms with Gasteiger partial charge >= 0.3 is 5.97 Å². The number of aliphatic hydroxyl groups is 2. The highest BCUT2D eigenvalue weighted by molar-refractivity contribution is 5.76. The normalized spacial score (nSPS) is 13.0. The van der Waals surface area contributed by atoms with Gasteiger partial charge in [-0.1, -0.05) is 274 Å². The summed E-state index contributed by atoms with van der Waals surface area (Å²) in [6, 6.07) is -0.632. The summed E-state index contributed by atoms with van der Waals surface area (Å²) in [6.07, 6.45) is 79.8. The van der Waals surface area contributed by atoms with Crippen molar-refractivity contribution < 1.29 is 24.5 Å². The number of rotatable bonds is 58. The summed E-state index contributed by atoms with van der Waals surface area (Å²) in [7, 11) is 0. The van der Waals surface area contributed by atoms with Crippen LogP contribution in [-0.4, -0.2) is 47.4 Å². The number of nitrogens with one attached hydrogen (secondary N) is 1. The number of carbonyl (C=O) groups excluding carboxylic acids is 2. The molecule has 0 bridgehead atoms. The lowest BCUT2D eigenvalue weighted by Crippen LogP contribution is -2.45. The first kappa shape index (κ1) is 69.6. The molecule has 420 valence electrons. The maximum absolute atomic E-state index is 12.4. The maximum Gasteiger partial charge on any atom is 0.305 e. The van der Waals surface area contributed by atoms with Gasteiger partial charge < -0.3 is 20.3 Å². The van der Waals surface area contributed by atoms with E-state index in [4.69, 9.17) is 4.74 Å². The van der Waals surface area contributed by atoms with Crippen molar-refractivity contribution in [2.75, 3.05) is 13.2 Å². The largest absolute Gasteiger partial charge is 0.466 e. The molecule has 0 spiro atoms. The third-order valence-corrected chi connectivity index (χ3v) is 14.3. The highest BCUT2D eigenvalue weighted by Crippen LogP contribution is 2.16. The average molecular weight is 1010 g/mol. The van der Waals surface area contributed by atoms with E-state index < -0.39 is 12.1 Å². The van der Waals surface area contributed by atoms with Crippen LogP contribution >= 0.6 is 0 Å². The smallest absolute Gasteiger partial charge is 0.305 e. The number of ether oxygens (including phenoxy) is 1. The fourth-order valence-electron chi connectivity index (χ4n) is 9.40. The van der Waals surface area contributed by atoms with E-state index in [1.54, 1.807) is 6.08 Å². The quantitative estimate of drug-likeness (QED) is 0.0320. The van der Waals surface area contributed by atoms with E-state index >= 15 is 0 Å². The van der Waals surface area contributed by atoms with Crippen LogP contribution in [0.5, 0.6) is 0 Å². The van der Waals surface area contributed by atoms with Crippen LogP contribution in [0.3, 0.4) is 0 Å². The van der Waals surface area contributed by atoms with Gasteiger partial charge in [-0.15, -0.1) is 0 Å². The molecule has 0 aliphatic heterocycles. The lowest BCUT2D eigenvalue weighted by atomic mass is 10.0. The average Bonchev–Trinajstić information content (AvgIpc) is 3.38. The van der Waals surface area contributed by atoms with Crippen molar-refractivity contribution in [3.05, 3.63) is 60.8 Å². The molecule has 0 aliphatic carbocycles. The predicted molar refractivity (Wildman–Crippen MR) is 315 cm³/mol. The van der Waals surface area contributed by atoms with Crippen molar-refractivity contribution in [2.24, 2.45) is 0 Å². The second-order valence-corrected chi connectivity index (χ2v) is 21.4. The van der Waals surface area contributed by atoms with E-state index in [2.05, 4.69) is 67.8 Å². The molecule has 0 saturated carbocycles. The Morgan fingerprint density at radius 3 is 1.08 bits per heavy atom. The Hall–Kier alpha value is -2.44. The fraction of sp³-hybridized carbons (Fsp3) is 0.818. The van der Waals surface area contributed by atoms with Gasteiger partial charge in [0.05, 0.1) is 25.4 Å². The van der Waals surface area contributed by atoms with Crippen molar-refractivity contribution in [1.29, 1.82) is 0 Å². The monoisotopic (exact) mass is 1010 g/mol. The zero-order valence-electron chi connectivity index (χ0n) is 47.9. The Balaban J connectivity index is 3.43. The molecule has 1 amide bonds. The molecule has 0 aliphatic rings. The Kier molecular flexibility index (Phi) is 59.0. The molecule has 0 radical (unpaired) electrons. The molecule has 0 saturated heterocycles. The zero-order valence-corrected chi connectivity index (χ0v) is 47.9. The molecule has 0 fully saturated rings. The van der Waals surface area contributed by atoms with Gasteiger partial charge in [0, 0.05) is 12.8 Å². The minimum Gasteiger partial charge on any atom is -0.466 e. The lowest BCUT2D eigenvalue weighted by Gasteiger charge is -2.20. The summed E-state index contributed by atoms with van der Waals surface area (Å²) in [4.78, 5) is 24.5. The number of amides is 1. The third kappa shape index (κ3) is 56.8. The molecule has 0 rings (SSSR count). The van der Waals surface area contributed by atoms with E-state index in [1.165, 1.54) is 238 Å². The number of esters is 1. The van der Waals surface area contributed by atoms with Crippen LogP contribution in [0.25, 0.3) is 0 Å². The van der Waals surface area contributed by atoms with Gasteiger partial charge in [-0.05, 0) is 96.3 Å². The van der Waals surface area contributed by atoms with E-state index in [-0.39, 0.29) is 18.5 Å². The summed E-state index contributed by atoms with van der Waals surface area (Å²) in [5.41, 5.74) is 0. The van der Waals surface area contributed by atoms with Gasteiger partial charge in [0.1, 0.15) is 0 Å². The number of allylic oxidation sites excluding steroid dienone is 9. The van der Waals surface area contributed by atoms with Crippen LogP contribution in [0.15, 0.2) is 60.8 Å². The minimum atomic E-state index is -0.848. The SMILES string of the molecule is CCCCC/C=C\C/C=C\CCCCCCCCCCCC(=O)OCCCCCCCCCCC/C=C\C/C=C\CCCCCCCCCCCC(=O)NC(CO)C(O)/C=C/CCCCCCCCCCC. The molecule has 72 heavy (non-hydrogen) atoms. The van der Waals surface area contributed by atoms with Crippen molar-refractivity contribution >= 4 is 11.9 Å². The minimum absolute atomic E-state index is 0.00417. The first-order valence-electron chi connectivity index (χ1n) is 31.6. The molecule has 2 unspecified atom stereocenters. The fourth-order valence-corrected chi connectivity index (χ4v) is 9.40. The van der Waals surface area contributed by atoms with Crippen LogP contribution < -0.4 is 5.32 Å². The second kappa shape index (κ2) is 61.1. The molecular formula is C66H121NO5. The first-order chi connectivity index (χ1) is 35.5. The molecule has 0 aromatic heterocycles. The molecule has 0 heterocycles. The maximum atomic E-state index is 12.4. The molecule has 0 aromatic rings. The van der Waals surface area contributed by atoms with Gasteiger partial charge in [-0.3, -0.25) is 9.59 Å². The van der Waals surface area contributed by atoms with Crippen molar-refractivity contribution in [3.63, 3.8) is 0 Å². The number of unbranched alkanes of at least 4 members (excludes halogenated alkanes) is 39. The summed E-state index contributed by atoms with van der Waals surface area (Å²) < 4.78 is 5.49. The summed E-state index contributed by atoms with van der Waals surface area (Å²) >= 11 is 0. The van der Waals surface area contributed by atoms with Crippen LogP contribution in [0.1, 0.15) is 322 Å². The molecular weight excluding hydrogens is 887 g/mol. The summed E-state index contributed by atoms with van der Waals surface area (Å²) in [5, 5.41) is 23.0. The van der Waals surface area contributed by atoms with Crippen LogP contribution in [0.2, 0.25) is 0 Å². The molecule has 6 heteroatoms. The predicted octanol–water partition coefficient (Wildman–Crippen LogP) is 19.9. The number of carbonyl (C=O) groups is 2. The first-order valence-corrected chi connectivity index (χ1v) is 31.6. The van der Waals surface area contributed by atoms with Gasteiger partial charge in [-0.2, -0.15) is 0 Å². The van der Waals surface area contributed by atoms with Crippen molar-refractivity contribution in [2.45, 2.75) is 334 Å². The van der Waals surface area contributed by atoms with Crippen LogP contribution in [-0.2, 0) is 14.3 Å². The molecule has 0 aromatic carbocycles. The van der Waals surface area contributed by atoms with Gasteiger partial charge in [0.15, 0.2) is 0 Å². The third-order valence-electron chi connectivity index (χ3n) is 14.3. The highest BCUT2D eigenvalue weighted by atomic mass is 16.5. The number of hydrogen-bond donors (Lipinski definition) is 3. The Bertz CT molecular complexity index is 1250. The van der Waals surface area contributed by atoms with Crippen LogP contribution in [0, 0.1) is 0 Å². The standard InChI is InChI=1S/C66H121NO5/c1-3-5-7-9-11-13-15-16-17-18-26-30-33-36-40-44-48-52-56-60-66(71)72-61-57-53-49-45-41-37-34-31-28-25-23-21-19-20-22-24-27-29-32-35-39-43-47-51-55-59-65(70)67-63(62-68)64(69)58-54-50-46-42-38-14-12-10-8-6-4-2/h11,13,16-17,20-23,54,58,63-64,68-69H,3-10,12,14-15,18-19,24-53,55-57,59-62H2,1-2H3,(H,67,70)/b13-11-,17-16-,22-20-,23-21-,58-54+. The van der Waals surface area contributed by atoms with E-state index in [0.717, 1.165) is 57.8 Å². The Morgan fingerprint density at radius 1 is 0.389 bits per heavy atom. The van der Waals surface area contributed by atoms with Gasteiger partial charge in [0.25, 0.3) is 0 Å². The Labute approximate surface area is 448 Å².